The van der Waals surface area contributed by atoms with Gasteiger partial charge in [0, 0.05) is 38.0 Å². The molecule has 0 radical (unpaired) electrons. The Hall–Kier alpha value is -1.79. The molecule has 2 N–H and O–H groups in total. The highest BCUT2D eigenvalue weighted by Gasteiger charge is 2.29. The van der Waals surface area contributed by atoms with Crippen molar-refractivity contribution in [2.75, 3.05) is 26.2 Å². The van der Waals surface area contributed by atoms with E-state index in [1.54, 1.807) is 11.8 Å². The van der Waals surface area contributed by atoms with Crippen LogP contribution in [-0.4, -0.2) is 55.1 Å². The SMILES string of the molecule is CCOC(=O)N1CCC(NC(=O)C2CCNC(=O)C2)CC1. The Morgan fingerprint density at radius 1 is 1.33 bits per heavy atom. The number of amides is 3. The first-order chi connectivity index (χ1) is 10.1. The Balaban J connectivity index is 1.74. The van der Waals surface area contributed by atoms with Crippen LogP contribution in [0.1, 0.15) is 32.6 Å². The molecular weight excluding hydrogens is 274 g/mol. The smallest absolute Gasteiger partial charge is 0.409 e. The monoisotopic (exact) mass is 297 g/mol. The van der Waals surface area contributed by atoms with Crippen LogP contribution in [-0.2, 0) is 14.3 Å². The minimum Gasteiger partial charge on any atom is -0.450 e. The van der Waals surface area contributed by atoms with E-state index in [1.807, 2.05) is 0 Å². The molecule has 0 aromatic carbocycles. The van der Waals surface area contributed by atoms with Crippen molar-refractivity contribution in [3.05, 3.63) is 0 Å². The lowest BCUT2D eigenvalue weighted by Gasteiger charge is -2.32. The molecule has 2 aliphatic rings. The van der Waals surface area contributed by atoms with Crippen molar-refractivity contribution in [2.24, 2.45) is 5.92 Å². The zero-order valence-electron chi connectivity index (χ0n) is 12.4. The van der Waals surface area contributed by atoms with Crippen molar-refractivity contribution in [3.8, 4) is 0 Å². The standard InChI is InChI=1S/C14H23N3O4/c1-2-21-14(20)17-7-4-11(5-8-17)16-13(19)10-3-6-15-12(18)9-10/h10-11H,2-9H2,1H3,(H,15,18)(H,16,19). The molecule has 7 nitrogen and oxygen atoms in total. The number of nitrogens with zero attached hydrogens (tertiary/aromatic N) is 1. The van der Waals surface area contributed by atoms with Crippen molar-refractivity contribution in [3.63, 3.8) is 0 Å². The van der Waals surface area contributed by atoms with Crippen LogP contribution in [0.4, 0.5) is 4.79 Å². The molecule has 2 heterocycles. The number of carbonyl (C=O) groups excluding carboxylic acids is 3. The van der Waals surface area contributed by atoms with Gasteiger partial charge >= 0.3 is 6.09 Å². The molecule has 0 aliphatic carbocycles. The van der Waals surface area contributed by atoms with Gasteiger partial charge in [0.2, 0.25) is 11.8 Å². The van der Waals surface area contributed by atoms with E-state index in [0.717, 1.165) is 12.8 Å². The number of rotatable bonds is 3. The molecule has 0 aromatic heterocycles. The first-order valence-electron chi connectivity index (χ1n) is 7.59. The van der Waals surface area contributed by atoms with Gasteiger partial charge in [-0.1, -0.05) is 0 Å². The molecule has 118 valence electrons. The number of nitrogens with one attached hydrogen (secondary N) is 2. The second-order valence-electron chi connectivity index (χ2n) is 5.51. The predicted octanol–water partition coefficient (Wildman–Crippen LogP) is 0.250. The highest BCUT2D eigenvalue weighted by atomic mass is 16.6. The molecule has 1 unspecified atom stereocenters. The van der Waals surface area contributed by atoms with Crippen LogP contribution in [0.25, 0.3) is 0 Å². The van der Waals surface area contributed by atoms with Gasteiger partial charge < -0.3 is 20.3 Å². The highest BCUT2D eigenvalue weighted by Crippen LogP contribution is 2.16. The van der Waals surface area contributed by atoms with Crippen molar-refractivity contribution in [1.82, 2.24) is 15.5 Å². The second-order valence-corrected chi connectivity index (χ2v) is 5.51. The maximum Gasteiger partial charge on any atom is 0.409 e. The lowest BCUT2D eigenvalue weighted by Crippen LogP contribution is -2.49. The Morgan fingerprint density at radius 2 is 2.05 bits per heavy atom. The van der Waals surface area contributed by atoms with Gasteiger partial charge in [0.15, 0.2) is 0 Å². The first-order valence-corrected chi connectivity index (χ1v) is 7.59. The summed E-state index contributed by atoms with van der Waals surface area (Å²) in [6, 6.07) is 0.0770. The topological polar surface area (TPSA) is 87.7 Å². The van der Waals surface area contributed by atoms with Crippen LogP contribution in [0.3, 0.4) is 0 Å². The summed E-state index contributed by atoms with van der Waals surface area (Å²) in [5.74, 6) is -0.320. The highest BCUT2D eigenvalue weighted by molar-refractivity contribution is 5.87. The number of hydrogen-bond donors (Lipinski definition) is 2. The molecule has 2 saturated heterocycles. The molecule has 21 heavy (non-hydrogen) atoms. The first kappa shape index (κ1) is 15.6. The maximum absolute atomic E-state index is 12.1. The van der Waals surface area contributed by atoms with Crippen LogP contribution in [0.2, 0.25) is 0 Å². The lowest BCUT2D eigenvalue weighted by molar-refractivity contribution is -0.133. The molecule has 0 saturated carbocycles. The van der Waals surface area contributed by atoms with E-state index in [1.165, 1.54) is 0 Å². The molecule has 2 rings (SSSR count). The second kappa shape index (κ2) is 7.28. The molecule has 7 heteroatoms. The van der Waals surface area contributed by atoms with Gasteiger partial charge in [0.1, 0.15) is 0 Å². The fourth-order valence-corrected chi connectivity index (χ4v) is 2.75. The van der Waals surface area contributed by atoms with Gasteiger partial charge in [-0.05, 0) is 26.2 Å². The number of carbonyl (C=O) groups is 3. The maximum atomic E-state index is 12.1. The Bertz CT molecular complexity index is 405. The molecule has 0 spiro atoms. The largest absolute Gasteiger partial charge is 0.450 e. The zero-order valence-corrected chi connectivity index (χ0v) is 12.4. The van der Waals surface area contributed by atoms with Crippen molar-refractivity contribution >= 4 is 17.9 Å². The van der Waals surface area contributed by atoms with E-state index >= 15 is 0 Å². The van der Waals surface area contributed by atoms with Crippen molar-refractivity contribution < 1.29 is 19.1 Å². The zero-order chi connectivity index (χ0) is 15.2. The van der Waals surface area contributed by atoms with Crippen LogP contribution < -0.4 is 10.6 Å². The summed E-state index contributed by atoms with van der Waals surface area (Å²) in [4.78, 5) is 36.7. The molecule has 2 aliphatic heterocycles. The molecule has 0 bridgehead atoms. The summed E-state index contributed by atoms with van der Waals surface area (Å²) in [7, 11) is 0. The summed E-state index contributed by atoms with van der Waals surface area (Å²) in [6.07, 6.45) is 2.13. The molecule has 2 fully saturated rings. The minimum absolute atomic E-state index is 0.0422. The van der Waals surface area contributed by atoms with Crippen LogP contribution in [0.15, 0.2) is 0 Å². The number of piperidine rings is 2. The van der Waals surface area contributed by atoms with Crippen LogP contribution >= 0.6 is 0 Å². The van der Waals surface area contributed by atoms with E-state index in [2.05, 4.69) is 10.6 Å². The Labute approximate surface area is 124 Å². The van der Waals surface area contributed by atoms with Gasteiger partial charge in [-0.2, -0.15) is 0 Å². The lowest BCUT2D eigenvalue weighted by atomic mass is 9.95. The number of ether oxygens (including phenoxy) is 1. The van der Waals surface area contributed by atoms with Gasteiger partial charge in [-0.3, -0.25) is 9.59 Å². The molecule has 0 aromatic rings. The van der Waals surface area contributed by atoms with E-state index in [4.69, 9.17) is 4.74 Å². The Morgan fingerprint density at radius 3 is 2.67 bits per heavy atom. The predicted molar refractivity (Wildman–Crippen MR) is 75.5 cm³/mol. The minimum atomic E-state index is -0.286. The summed E-state index contributed by atoms with van der Waals surface area (Å²) >= 11 is 0. The summed E-state index contributed by atoms with van der Waals surface area (Å²) in [6.45, 7) is 3.91. The third-order valence-corrected chi connectivity index (χ3v) is 3.98. The average molecular weight is 297 g/mol. The summed E-state index contributed by atoms with van der Waals surface area (Å²) < 4.78 is 4.96. The Kier molecular flexibility index (Phi) is 5.41. The molecule has 1 atom stereocenters. The average Bonchev–Trinajstić information content (AvgIpc) is 2.48. The third-order valence-electron chi connectivity index (χ3n) is 3.98. The fraction of sp³-hybridized carbons (Fsp3) is 0.786. The normalized spacial score (nSPS) is 23.4. The van der Waals surface area contributed by atoms with Gasteiger partial charge in [0.25, 0.3) is 0 Å². The molecule has 3 amide bonds. The number of hydrogen-bond acceptors (Lipinski definition) is 4. The molecular formula is C14H23N3O4. The van der Waals surface area contributed by atoms with Crippen LogP contribution in [0, 0.1) is 5.92 Å². The summed E-state index contributed by atoms with van der Waals surface area (Å²) in [5.41, 5.74) is 0. The van der Waals surface area contributed by atoms with E-state index in [0.29, 0.717) is 32.7 Å². The number of likely N-dealkylation sites (tertiary alicyclic amines) is 1. The van der Waals surface area contributed by atoms with Crippen molar-refractivity contribution in [1.29, 1.82) is 0 Å². The third kappa shape index (κ3) is 4.34. The van der Waals surface area contributed by atoms with Crippen LogP contribution in [0.5, 0.6) is 0 Å². The van der Waals surface area contributed by atoms with E-state index < -0.39 is 0 Å². The summed E-state index contributed by atoms with van der Waals surface area (Å²) in [5, 5.41) is 5.73. The fourth-order valence-electron chi connectivity index (χ4n) is 2.75. The van der Waals surface area contributed by atoms with Gasteiger partial charge in [0.05, 0.1) is 6.61 Å². The van der Waals surface area contributed by atoms with Crippen molar-refractivity contribution in [2.45, 2.75) is 38.6 Å². The van der Waals surface area contributed by atoms with E-state index in [-0.39, 0.29) is 36.3 Å². The quantitative estimate of drug-likeness (QED) is 0.781. The van der Waals surface area contributed by atoms with Gasteiger partial charge in [-0.25, -0.2) is 4.79 Å². The van der Waals surface area contributed by atoms with Gasteiger partial charge in [-0.15, -0.1) is 0 Å². The van der Waals surface area contributed by atoms with E-state index in [9.17, 15) is 14.4 Å².